The maximum absolute atomic E-state index is 14.1. The molecule has 3 aliphatic heterocycles. The monoisotopic (exact) mass is 842 g/mol. The molecule has 0 saturated carbocycles. The lowest BCUT2D eigenvalue weighted by atomic mass is 9.77. The Bertz CT molecular complexity index is 1690. The number of fused-ring (bicyclic) bond motifs is 5. The highest BCUT2D eigenvalue weighted by Crippen LogP contribution is 2.50. The number of carbonyl (C=O) groups is 2. The summed E-state index contributed by atoms with van der Waals surface area (Å²) >= 11 is 0. The number of rotatable bonds is 5. The second-order valence-corrected chi connectivity index (χ2v) is 13.8. The summed E-state index contributed by atoms with van der Waals surface area (Å²) in [6, 6.07) is 11.6. The van der Waals surface area contributed by atoms with Crippen molar-refractivity contribution in [2.45, 2.75) is 32.0 Å². The molecule has 2 N–H and O–H groups in total. The lowest BCUT2D eigenvalue weighted by Gasteiger charge is -2.32. The van der Waals surface area contributed by atoms with Crippen molar-refractivity contribution in [1.82, 2.24) is 0 Å². The van der Waals surface area contributed by atoms with Crippen LogP contribution in [0.4, 0.5) is 0 Å². The molecule has 17 nitrogen and oxygen atoms in total. The zero-order valence-corrected chi connectivity index (χ0v) is 33.9. The van der Waals surface area contributed by atoms with Crippen LogP contribution in [0.3, 0.4) is 0 Å². The number of carbonyl (C=O) groups excluding carboxylic acids is 2. The molecule has 0 saturated heterocycles. The summed E-state index contributed by atoms with van der Waals surface area (Å²) in [5.74, 6) is -1.10. The summed E-state index contributed by atoms with van der Waals surface area (Å²) in [7, 11) is 1.26. The average Bonchev–Trinajstić information content (AvgIpc) is 3.55. The van der Waals surface area contributed by atoms with Crippen molar-refractivity contribution in [1.29, 1.82) is 0 Å². The van der Waals surface area contributed by atoms with E-state index in [0.29, 0.717) is 91.8 Å². The Kier molecular flexibility index (Phi) is 17.7. The van der Waals surface area contributed by atoms with Crippen LogP contribution in [0.25, 0.3) is 0 Å². The predicted octanol–water partition coefficient (Wildman–Crippen LogP) is 3.31. The largest absolute Gasteiger partial charge is 0.507 e. The van der Waals surface area contributed by atoms with Crippen molar-refractivity contribution in [3.63, 3.8) is 0 Å². The molecule has 17 heteroatoms. The molecule has 0 radical (unpaired) electrons. The number of phenolic OH excluding ortho intramolecular Hbond substituents is 2. The fraction of sp³-hybridized carbons (Fsp3) is 0.535. The highest BCUT2D eigenvalue weighted by Gasteiger charge is 2.50. The van der Waals surface area contributed by atoms with Crippen LogP contribution in [0.1, 0.15) is 49.3 Å². The summed E-state index contributed by atoms with van der Waals surface area (Å²) in [5, 5.41) is 23.3. The van der Waals surface area contributed by atoms with Gasteiger partial charge in [-0.25, -0.2) is 9.59 Å². The molecule has 3 aromatic carbocycles. The number of ether oxygens (including phenoxy) is 13. The van der Waals surface area contributed by atoms with Crippen LogP contribution < -0.4 is 4.74 Å². The zero-order chi connectivity index (χ0) is 42.0. The van der Waals surface area contributed by atoms with Gasteiger partial charge < -0.3 is 71.8 Å². The van der Waals surface area contributed by atoms with Gasteiger partial charge in [0.2, 0.25) is 0 Å². The molecule has 0 spiro atoms. The van der Waals surface area contributed by atoms with Crippen LogP contribution in [0.2, 0.25) is 0 Å². The number of aromatic hydroxyl groups is 2. The Morgan fingerprint density at radius 1 is 0.550 bits per heavy atom. The van der Waals surface area contributed by atoms with Crippen LogP contribution in [-0.2, 0) is 93.7 Å². The predicted molar refractivity (Wildman–Crippen MR) is 209 cm³/mol. The Labute approximate surface area is 348 Å². The van der Waals surface area contributed by atoms with Gasteiger partial charge in [-0.1, -0.05) is 0 Å². The zero-order valence-electron chi connectivity index (χ0n) is 33.9. The highest BCUT2D eigenvalue weighted by molar-refractivity contribution is 5.96. The first-order valence-corrected chi connectivity index (χ1v) is 20.0. The number of hydrogen-bond acceptors (Lipinski definition) is 17. The van der Waals surface area contributed by atoms with Crippen LogP contribution in [0, 0.1) is 0 Å². The fourth-order valence-corrected chi connectivity index (χ4v) is 6.78. The third-order valence-corrected chi connectivity index (χ3v) is 9.78. The molecule has 0 atom stereocenters. The Morgan fingerprint density at radius 2 is 0.900 bits per heavy atom. The fourth-order valence-electron chi connectivity index (χ4n) is 6.78. The van der Waals surface area contributed by atoms with E-state index < -0.39 is 17.5 Å². The molecule has 4 bridgehead atoms. The standard InChI is InChI=1S/C43H54O17/c1-48-39(44)29-59-36-2-3-37-38(24-36)43(60-42(37)47,34-20-30-25-55-16-12-51-8-4-49-5-9-52-13-17-56-26-31(21-34)40(30)45)35-22-32-27-57-18-14-53-10-6-50-7-11-54-15-19-58-28-33(23-35)41(32)46/h2-3,20-24,45-46H,4-19,25-29H2,1H3. The van der Waals surface area contributed by atoms with Crippen molar-refractivity contribution in [2.24, 2.45) is 0 Å². The number of hydrogen-bond donors (Lipinski definition) is 2. The van der Waals surface area contributed by atoms with Crippen molar-refractivity contribution in [3.05, 3.63) is 87.0 Å². The van der Waals surface area contributed by atoms with E-state index in [-0.39, 0.29) is 109 Å². The number of methoxy groups -OCH3 is 1. The van der Waals surface area contributed by atoms with Gasteiger partial charge in [0.1, 0.15) is 17.2 Å². The maximum atomic E-state index is 14.1. The van der Waals surface area contributed by atoms with Gasteiger partial charge in [-0.05, 0) is 42.5 Å². The molecule has 6 rings (SSSR count). The Balaban J connectivity index is 1.47. The summed E-state index contributed by atoms with van der Waals surface area (Å²) in [6.45, 7) is 4.64. The van der Waals surface area contributed by atoms with Crippen LogP contribution >= 0.6 is 0 Å². The first-order chi connectivity index (χ1) is 29.4. The first kappa shape index (κ1) is 45.1. The first-order valence-electron chi connectivity index (χ1n) is 20.0. The van der Waals surface area contributed by atoms with E-state index in [1.54, 1.807) is 42.5 Å². The summed E-state index contributed by atoms with van der Waals surface area (Å²) in [4.78, 5) is 26.2. The lowest BCUT2D eigenvalue weighted by Crippen LogP contribution is -2.31. The van der Waals surface area contributed by atoms with Crippen molar-refractivity contribution in [3.8, 4) is 17.2 Å². The van der Waals surface area contributed by atoms with Crippen molar-refractivity contribution < 1.29 is 81.4 Å². The molecule has 0 fully saturated rings. The molecular formula is C43H54O17. The van der Waals surface area contributed by atoms with Crippen LogP contribution in [0.15, 0.2) is 42.5 Å². The van der Waals surface area contributed by atoms with Gasteiger partial charge in [0.25, 0.3) is 0 Å². The highest BCUT2D eigenvalue weighted by atomic mass is 16.6. The SMILES string of the molecule is COC(=O)COc1ccc2c(c1)C(c1cc3c(O)c(c1)COCCOCCOCCOCCOC3)(c1cc3c(O)c(c1)COCCOCCOCCOCCOC3)OC2=O. The number of cyclic esters (lactones) is 1. The third kappa shape index (κ3) is 12.1. The van der Waals surface area contributed by atoms with Gasteiger partial charge in [-0.3, -0.25) is 0 Å². The molecule has 60 heavy (non-hydrogen) atoms. The van der Waals surface area contributed by atoms with Gasteiger partial charge in [0, 0.05) is 38.9 Å². The van der Waals surface area contributed by atoms with Gasteiger partial charge >= 0.3 is 11.9 Å². The van der Waals surface area contributed by atoms with E-state index in [1.165, 1.54) is 7.11 Å². The second kappa shape index (κ2) is 23.6. The molecule has 328 valence electrons. The van der Waals surface area contributed by atoms with Crippen molar-refractivity contribution >= 4 is 11.9 Å². The molecule has 0 aliphatic carbocycles. The number of esters is 2. The van der Waals surface area contributed by atoms with Gasteiger partial charge in [0.15, 0.2) is 12.2 Å². The van der Waals surface area contributed by atoms with E-state index in [0.717, 1.165) is 0 Å². The van der Waals surface area contributed by atoms with E-state index in [1.807, 2.05) is 0 Å². The summed E-state index contributed by atoms with van der Waals surface area (Å²) in [5.41, 5.74) is 1.28. The van der Waals surface area contributed by atoms with Crippen LogP contribution in [0.5, 0.6) is 17.2 Å². The number of phenols is 2. The molecule has 3 heterocycles. The quantitative estimate of drug-likeness (QED) is 0.355. The molecule has 3 aromatic rings. The summed E-state index contributed by atoms with van der Waals surface area (Å²) < 4.78 is 74.8. The van der Waals surface area contributed by atoms with E-state index >= 15 is 0 Å². The minimum atomic E-state index is -1.72. The normalized spacial score (nSPS) is 19.6. The van der Waals surface area contributed by atoms with E-state index in [2.05, 4.69) is 0 Å². The van der Waals surface area contributed by atoms with E-state index in [9.17, 15) is 19.8 Å². The molecule has 0 amide bonds. The molecule has 0 unspecified atom stereocenters. The minimum Gasteiger partial charge on any atom is -0.507 e. The molecule has 3 aliphatic rings. The van der Waals surface area contributed by atoms with E-state index in [4.69, 9.17) is 61.6 Å². The maximum Gasteiger partial charge on any atom is 0.343 e. The van der Waals surface area contributed by atoms with Gasteiger partial charge in [-0.15, -0.1) is 0 Å². The topological polar surface area (TPSA) is 195 Å². The van der Waals surface area contributed by atoms with Gasteiger partial charge in [-0.2, -0.15) is 0 Å². The molecule has 0 aromatic heterocycles. The Morgan fingerprint density at radius 3 is 1.25 bits per heavy atom. The van der Waals surface area contributed by atoms with Gasteiger partial charge in [0.05, 0.1) is 145 Å². The summed E-state index contributed by atoms with van der Waals surface area (Å²) in [6.07, 6.45) is 0. The van der Waals surface area contributed by atoms with Crippen molar-refractivity contribution in [2.75, 3.05) is 119 Å². The smallest absolute Gasteiger partial charge is 0.343 e. The lowest BCUT2D eigenvalue weighted by molar-refractivity contribution is -0.142. The molecular weight excluding hydrogens is 788 g/mol. The van der Waals surface area contributed by atoms with Crippen LogP contribution in [-0.4, -0.2) is 142 Å². The number of benzene rings is 3. The average molecular weight is 843 g/mol. The minimum absolute atomic E-state index is 0.0289. The second-order valence-electron chi connectivity index (χ2n) is 13.8. The third-order valence-electron chi connectivity index (χ3n) is 9.78. The Hall–Kier alpha value is -4.40.